The molecule has 230 valence electrons. The molecule has 1 fully saturated rings. The van der Waals surface area contributed by atoms with Crippen molar-refractivity contribution >= 4 is 28.5 Å². The molecule has 2 heterocycles. The lowest BCUT2D eigenvalue weighted by molar-refractivity contribution is -0.148. The van der Waals surface area contributed by atoms with Crippen molar-refractivity contribution in [1.82, 2.24) is 4.98 Å². The fraction of sp³-hybridized carbons (Fsp3) is 0.324. The van der Waals surface area contributed by atoms with E-state index in [1.807, 2.05) is 53.4 Å². The Morgan fingerprint density at radius 3 is 2.18 bits per heavy atom. The predicted molar refractivity (Wildman–Crippen MR) is 166 cm³/mol. The van der Waals surface area contributed by atoms with Gasteiger partial charge in [0, 0.05) is 24.0 Å². The molecule has 1 N–H and O–H groups in total. The number of fused-ring (bicyclic) bond motifs is 1. The zero-order valence-corrected chi connectivity index (χ0v) is 25.3. The van der Waals surface area contributed by atoms with Gasteiger partial charge in [-0.2, -0.15) is 0 Å². The number of methoxy groups -OCH3 is 3. The second-order valence-corrected chi connectivity index (χ2v) is 10.4. The first-order chi connectivity index (χ1) is 21.4. The van der Waals surface area contributed by atoms with Crippen LogP contribution in [-0.4, -0.2) is 63.1 Å². The summed E-state index contributed by atoms with van der Waals surface area (Å²) in [5.41, 5.74) is 1.85. The molecule has 0 saturated carbocycles. The molecule has 0 aliphatic carbocycles. The lowest BCUT2D eigenvalue weighted by atomic mass is 9.94. The molecule has 10 nitrogen and oxygen atoms in total. The van der Waals surface area contributed by atoms with Crippen molar-refractivity contribution in [3.63, 3.8) is 0 Å². The Kier molecular flexibility index (Phi) is 9.38. The number of rotatable bonds is 11. The number of ether oxygens (including phenoxy) is 5. The van der Waals surface area contributed by atoms with Gasteiger partial charge in [0.25, 0.3) is 0 Å². The van der Waals surface area contributed by atoms with Crippen molar-refractivity contribution in [2.45, 2.75) is 26.4 Å². The highest BCUT2D eigenvalue weighted by Gasteiger charge is 2.30. The molecule has 1 saturated heterocycles. The summed E-state index contributed by atoms with van der Waals surface area (Å²) in [6.45, 7) is 3.53. The first-order valence-corrected chi connectivity index (χ1v) is 14.5. The molecule has 44 heavy (non-hydrogen) atoms. The molecule has 0 amide bonds. The van der Waals surface area contributed by atoms with Crippen LogP contribution >= 0.6 is 0 Å². The third-order valence-electron chi connectivity index (χ3n) is 7.77. The van der Waals surface area contributed by atoms with Gasteiger partial charge >= 0.3 is 11.9 Å². The average molecular weight is 601 g/mol. The molecule has 5 rings (SSSR count). The number of hydrogen-bond acceptors (Lipinski definition) is 9. The number of carboxylic acid groups (broad SMARTS) is 1. The predicted octanol–water partition coefficient (Wildman–Crippen LogP) is 5.98. The molecular formula is C34H36N2O8. The molecular weight excluding hydrogens is 564 g/mol. The number of anilines is 1. The lowest BCUT2D eigenvalue weighted by Gasteiger charge is -2.33. The number of esters is 1. The maximum absolute atomic E-state index is 12.8. The number of carbonyl (C=O) groups excluding carboxylic acids is 1. The smallest absolute Gasteiger partial charge is 0.355 e. The van der Waals surface area contributed by atoms with Crippen LogP contribution in [0.4, 0.5) is 5.82 Å². The van der Waals surface area contributed by atoms with Crippen LogP contribution in [0, 0.1) is 5.92 Å². The number of carboxylic acids is 1. The Labute approximate surface area is 256 Å². The molecule has 4 aromatic rings. The van der Waals surface area contributed by atoms with Gasteiger partial charge < -0.3 is 33.7 Å². The van der Waals surface area contributed by atoms with E-state index in [-0.39, 0.29) is 17.6 Å². The van der Waals surface area contributed by atoms with Gasteiger partial charge in [-0.15, -0.1) is 0 Å². The van der Waals surface area contributed by atoms with Gasteiger partial charge in [0.05, 0.1) is 33.9 Å². The van der Waals surface area contributed by atoms with E-state index in [1.165, 1.54) is 21.3 Å². The van der Waals surface area contributed by atoms with Crippen molar-refractivity contribution < 1.29 is 38.4 Å². The summed E-state index contributed by atoms with van der Waals surface area (Å²) in [5.74, 6) is 0.711. The standard InChI is InChI=1S/C34H36N2O8/c1-5-43-34(39)22-13-15-36(16-14-22)32-26-19-24(44-20-21-9-7-6-8-10-21)11-12-25(26)29(30(35-32)33(37)38)23-17-27(40-2)31(42-4)28(18-23)41-3/h6-12,17-19,22H,5,13-16,20H2,1-4H3,(H,37,38). The molecule has 1 aliphatic heterocycles. The molecule has 3 aromatic carbocycles. The highest BCUT2D eigenvalue weighted by molar-refractivity contribution is 6.10. The zero-order valence-electron chi connectivity index (χ0n) is 25.3. The van der Waals surface area contributed by atoms with E-state index in [1.54, 1.807) is 19.1 Å². The van der Waals surface area contributed by atoms with E-state index >= 15 is 0 Å². The van der Waals surface area contributed by atoms with Gasteiger partial charge in [-0.3, -0.25) is 4.79 Å². The number of benzene rings is 3. The zero-order chi connectivity index (χ0) is 31.2. The number of hydrogen-bond donors (Lipinski definition) is 1. The maximum atomic E-state index is 12.8. The van der Waals surface area contributed by atoms with Crippen LogP contribution in [0.2, 0.25) is 0 Å². The largest absolute Gasteiger partial charge is 0.493 e. The van der Waals surface area contributed by atoms with Crippen LogP contribution in [0.5, 0.6) is 23.0 Å². The minimum atomic E-state index is -1.18. The van der Waals surface area contributed by atoms with E-state index < -0.39 is 5.97 Å². The molecule has 1 aliphatic rings. The summed E-state index contributed by atoms with van der Waals surface area (Å²) >= 11 is 0. The molecule has 0 unspecified atom stereocenters. The topological polar surface area (TPSA) is 117 Å². The fourth-order valence-electron chi connectivity index (χ4n) is 5.61. The Morgan fingerprint density at radius 1 is 0.909 bits per heavy atom. The van der Waals surface area contributed by atoms with Crippen LogP contribution in [0.15, 0.2) is 60.7 Å². The molecule has 0 bridgehead atoms. The summed E-state index contributed by atoms with van der Waals surface area (Å²) in [6, 6.07) is 18.9. The lowest BCUT2D eigenvalue weighted by Crippen LogP contribution is -2.37. The SMILES string of the molecule is CCOC(=O)C1CCN(c2nc(C(=O)O)c(-c3cc(OC)c(OC)c(OC)c3)c3ccc(OCc4ccccc4)cc23)CC1. The van der Waals surface area contributed by atoms with E-state index in [2.05, 4.69) is 0 Å². The van der Waals surface area contributed by atoms with Crippen molar-refractivity contribution in [2.24, 2.45) is 5.92 Å². The first-order valence-electron chi connectivity index (χ1n) is 14.5. The number of pyridine rings is 1. The highest BCUT2D eigenvalue weighted by Crippen LogP contribution is 2.45. The maximum Gasteiger partial charge on any atom is 0.355 e. The molecule has 0 spiro atoms. The molecule has 0 atom stereocenters. The minimum Gasteiger partial charge on any atom is -0.493 e. The second-order valence-electron chi connectivity index (χ2n) is 10.4. The number of piperidine rings is 1. The Balaban J connectivity index is 1.66. The molecule has 10 heteroatoms. The van der Waals surface area contributed by atoms with E-state index in [0.29, 0.717) is 84.5 Å². The number of nitrogens with zero attached hydrogens (tertiary/aromatic N) is 2. The van der Waals surface area contributed by atoms with Gasteiger partial charge in [-0.05, 0) is 66.6 Å². The Bertz CT molecular complexity index is 1620. The van der Waals surface area contributed by atoms with E-state index in [4.69, 9.17) is 28.7 Å². The molecule has 0 radical (unpaired) electrons. The minimum absolute atomic E-state index is 0.118. The van der Waals surface area contributed by atoms with Crippen molar-refractivity contribution in [2.75, 3.05) is 45.9 Å². The van der Waals surface area contributed by atoms with Crippen LogP contribution in [0.3, 0.4) is 0 Å². The van der Waals surface area contributed by atoms with Crippen LogP contribution in [0.25, 0.3) is 21.9 Å². The van der Waals surface area contributed by atoms with Gasteiger partial charge in [-0.25, -0.2) is 9.78 Å². The summed E-state index contributed by atoms with van der Waals surface area (Å²) in [7, 11) is 4.53. The van der Waals surface area contributed by atoms with Gasteiger partial charge in [0.1, 0.15) is 18.2 Å². The number of aromatic carboxylic acids is 1. The van der Waals surface area contributed by atoms with Crippen LogP contribution in [-0.2, 0) is 16.1 Å². The van der Waals surface area contributed by atoms with Crippen molar-refractivity contribution in [3.8, 4) is 34.1 Å². The summed E-state index contributed by atoms with van der Waals surface area (Å²) in [5, 5.41) is 11.8. The van der Waals surface area contributed by atoms with E-state index in [9.17, 15) is 14.7 Å². The second kappa shape index (κ2) is 13.5. The van der Waals surface area contributed by atoms with Gasteiger partial charge in [0.15, 0.2) is 17.2 Å². The van der Waals surface area contributed by atoms with Gasteiger partial charge in [0.2, 0.25) is 5.75 Å². The number of carbonyl (C=O) groups is 2. The van der Waals surface area contributed by atoms with E-state index in [0.717, 1.165) is 10.9 Å². The third-order valence-corrected chi connectivity index (χ3v) is 7.77. The normalized spacial score (nSPS) is 13.4. The molecule has 1 aromatic heterocycles. The summed E-state index contributed by atoms with van der Waals surface area (Å²) in [4.78, 5) is 32.0. The van der Waals surface area contributed by atoms with Crippen LogP contribution in [0.1, 0.15) is 35.8 Å². The quantitative estimate of drug-likeness (QED) is 0.206. The summed E-state index contributed by atoms with van der Waals surface area (Å²) < 4.78 is 28.0. The Morgan fingerprint density at radius 2 is 1.59 bits per heavy atom. The van der Waals surface area contributed by atoms with Gasteiger partial charge in [-0.1, -0.05) is 30.3 Å². The fourth-order valence-corrected chi connectivity index (χ4v) is 5.61. The average Bonchev–Trinajstić information content (AvgIpc) is 3.06. The number of aromatic nitrogens is 1. The first kappa shape index (κ1) is 30.5. The summed E-state index contributed by atoms with van der Waals surface area (Å²) in [6.07, 6.45) is 1.15. The van der Waals surface area contributed by atoms with Crippen molar-refractivity contribution in [3.05, 3.63) is 71.9 Å². The van der Waals surface area contributed by atoms with Crippen molar-refractivity contribution in [1.29, 1.82) is 0 Å². The highest BCUT2D eigenvalue weighted by atomic mass is 16.5. The Hall–Kier alpha value is -4.99. The third kappa shape index (κ3) is 6.20. The van der Waals surface area contributed by atoms with Crippen LogP contribution < -0.4 is 23.8 Å². The monoisotopic (exact) mass is 600 g/mol.